The molecule has 1 aromatic rings. The van der Waals surface area contributed by atoms with Crippen molar-refractivity contribution in [3.63, 3.8) is 0 Å². The highest BCUT2D eigenvalue weighted by Crippen LogP contribution is 2.27. The molecule has 1 atom stereocenters. The lowest BCUT2D eigenvalue weighted by Gasteiger charge is -2.20. The number of hydrogen-bond acceptors (Lipinski definition) is 2. The van der Waals surface area contributed by atoms with E-state index in [-0.39, 0.29) is 17.7 Å². The molecule has 1 aliphatic heterocycles. The lowest BCUT2D eigenvalue weighted by atomic mass is 10.0. The van der Waals surface area contributed by atoms with Crippen molar-refractivity contribution in [2.45, 2.75) is 51.0 Å². The Morgan fingerprint density at radius 2 is 1.74 bits per heavy atom. The summed E-state index contributed by atoms with van der Waals surface area (Å²) >= 11 is 3.40. The number of anilines is 1. The maximum absolute atomic E-state index is 12.5. The van der Waals surface area contributed by atoms with E-state index in [4.69, 9.17) is 0 Å². The Kier molecular flexibility index (Phi) is 5.36. The van der Waals surface area contributed by atoms with Gasteiger partial charge in [-0.1, -0.05) is 41.6 Å². The smallest absolute Gasteiger partial charge is 0.227 e. The van der Waals surface area contributed by atoms with Crippen molar-refractivity contribution in [1.29, 1.82) is 0 Å². The minimum absolute atomic E-state index is 0.0355. The second kappa shape index (κ2) is 7.47. The van der Waals surface area contributed by atoms with Gasteiger partial charge in [0.05, 0.1) is 5.92 Å². The monoisotopic (exact) mass is 378 g/mol. The van der Waals surface area contributed by atoms with E-state index in [9.17, 15) is 9.59 Å². The van der Waals surface area contributed by atoms with Gasteiger partial charge in [-0.3, -0.25) is 9.59 Å². The van der Waals surface area contributed by atoms with Crippen LogP contribution in [0.3, 0.4) is 0 Å². The van der Waals surface area contributed by atoms with E-state index < -0.39 is 0 Å². The Morgan fingerprint density at radius 1 is 1.09 bits per heavy atom. The Morgan fingerprint density at radius 3 is 2.39 bits per heavy atom. The van der Waals surface area contributed by atoms with Crippen LogP contribution in [0.5, 0.6) is 0 Å². The number of hydrogen-bond donors (Lipinski definition) is 1. The molecule has 1 unspecified atom stereocenters. The van der Waals surface area contributed by atoms with E-state index in [0.29, 0.717) is 19.0 Å². The normalized spacial score (nSPS) is 22.9. The summed E-state index contributed by atoms with van der Waals surface area (Å²) in [6, 6.07) is 7.95. The molecule has 1 aromatic carbocycles. The summed E-state index contributed by atoms with van der Waals surface area (Å²) in [5.41, 5.74) is 0.864. The maximum Gasteiger partial charge on any atom is 0.227 e. The number of nitrogens with zero attached hydrogens (tertiary/aromatic N) is 1. The summed E-state index contributed by atoms with van der Waals surface area (Å²) in [7, 11) is 0. The number of benzene rings is 1. The first-order chi connectivity index (χ1) is 11.1. The van der Waals surface area contributed by atoms with Crippen LogP contribution in [0.25, 0.3) is 0 Å². The summed E-state index contributed by atoms with van der Waals surface area (Å²) in [5.74, 6) is -0.146. The van der Waals surface area contributed by atoms with Gasteiger partial charge < -0.3 is 10.2 Å². The summed E-state index contributed by atoms with van der Waals surface area (Å²) in [5, 5.41) is 3.18. The topological polar surface area (TPSA) is 49.4 Å². The van der Waals surface area contributed by atoms with Gasteiger partial charge in [-0.2, -0.15) is 0 Å². The summed E-state index contributed by atoms with van der Waals surface area (Å²) in [4.78, 5) is 26.5. The molecule has 0 radical (unpaired) electrons. The van der Waals surface area contributed by atoms with Crippen LogP contribution in [0, 0.1) is 5.92 Å². The van der Waals surface area contributed by atoms with E-state index in [2.05, 4.69) is 21.2 Å². The van der Waals surface area contributed by atoms with Crippen LogP contribution in [-0.4, -0.2) is 24.4 Å². The third-order valence-corrected chi connectivity index (χ3v) is 5.36. The molecule has 1 heterocycles. The van der Waals surface area contributed by atoms with Gasteiger partial charge in [-0.15, -0.1) is 0 Å². The zero-order valence-corrected chi connectivity index (χ0v) is 14.8. The van der Waals surface area contributed by atoms with Gasteiger partial charge in [0.1, 0.15) is 0 Å². The zero-order valence-electron chi connectivity index (χ0n) is 13.3. The van der Waals surface area contributed by atoms with E-state index in [1.807, 2.05) is 24.3 Å². The Bertz CT molecular complexity index is 565. The van der Waals surface area contributed by atoms with Crippen LogP contribution in [0.1, 0.15) is 44.9 Å². The lowest BCUT2D eigenvalue weighted by molar-refractivity contribution is -0.127. The molecule has 2 amide bonds. The summed E-state index contributed by atoms with van der Waals surface area (Å²) in [6.07, 6.45) is 7.39. The van der Waals surface area contributed by atoms with Gasteiger partial charge in [0.25, 0.3) is 0 Å². The molecular weight excluding hydrogens is 356 g/mol. The predicted molar refractivity (Wildman–Crippen MR) is 94.2 cm³/mol. The van der Waals surface area contributed by atoms with Crippen molar-refractivity contribution in [2.75, 3.05) is 11.4 Å². The molecule has 1 saturated heterocycles. The SMILES string of the molecule is O=C(NC1CCCCCC1)C1CC(=O)N(c2ccc(Br)cc2)C1. The first-order valence-electron chi connectivity index (χ1n) is 8.50. The summed E-state index contributed by atoms with van der Waals surface area (Å²) < 4.78 is 0.982. The van der Waals surface area contributed by atoms with Crippen LogP contribution in [0.15, 0.2) is 28.7 Å². The molecule has 0 bridgehead atoms. The third-order valence-electron chi connectivity index (χ3n) is 4.84. The van der Waals surface area contributed by atoms with E-state index in [0.717, 1.165) is 23.0 Å². The molecule has 0 spiro atoms. The molecule has 124 valence electrons. The predicted octanol–water partition coefficient (Wildman–Crippen LogP) is 3.64. The fraction of sp³-hybridized carbons (Fsp3) is 0.556. The number of carbonyl (C=O) groups is 2. The van der Waals surface area contributed by atoms with Gasteiger partial charge in [-0.25, -0.2) is 0 Å². The van der Waals surface area contributed by atoms with Crippen molar-refractivity contribution in [3.05, 3.63) is 28.7 Å². The Balaban J connectivity index is 1.60. The van der Waals surface area contributed by atoms with Gasteiger partial charge in [0, 0.05) is 29.2 Å². The van der Waals surface area contributed by atoms with Crippen molar-refractivity contribution in [2.24, 2.45) is 5.92 Å². The van der Waals surface area contributed by atoms with Crippen LogP contribution in [0.2, 0.25) is 0 Å². The van der Waals surface area contributed by atoms with Crippen molar-refractivity contribution < 1.29 is 9.59 Å². The first-order valence-corrected chi connectivity index (χ1v) is 9.29. The third kappa shape index (κ3) is 4.14. The largest absolute Gasteiger partial charge is 0.353 e. The molecule has 3 rings (SSSR count). The van der Waals surface area contributed by atoms with E-state index >= 15 is 0 Å². The molecule has 1 saturated carbocycles. The second-order valence-corrected chi connectivity index (χ2v) is 7.49. The fourth-order valence-corrected chi connectivity index (χ4v) is 3.76. The van der Waals surface area contributed by atoms with Crippen LogP contribution >= 0.6 is 15.9 Å². The molecule has 2 aliphatic rings. The van der Waals surface area contributed by atoms with Crippen LogP contribution in [0.4, 0.5) is 5.69 Å². The fourth-order valence-electron chi connectivity index (χ4n) is 3.50. The number of rotatable bonds is 3. The van der Waals surface area contributed by atoms with E-state index in [1.54, 1.807) is 4.90 Å². The van der Waals surface area contributed by atoms with Crippen LogP contribution < -0.4 is 10.2 Å². The Labute approximate surface area is 145 Å². The Hall–Kier alpha value is -1.36. The minimum atomic E-state index is -0.227. The number of amides is 2. The highest BCUT2D eigenvalue weighted by atomic mass is 79.9. The molecule has 1 aliphatic carbocycles. The molecule has 1 N–H and O–H groups in total. The summed E-state index contributed by atoms with van der Waals surface area (Å²) in [6.45, 7) is 0.485. The van der Waals surface area contributed by atoms with E-state index in [1.165, 1.54) is 25.7 Å². The quantitative estimate of drug-likeness (QED) is 0.816. The average Bonchev–Trinajstić information content (AvgIpc) is 2.76. The standard InChI is InChI=1S/C18H23BrN2O2/c19-14-7-9-16(10-8-14)21-12-13(11-17(21)22)18(23)20-15-5-3-1-2-4-6-15/h7-10,13,15H,1-6,11-12H2,(H,20,23). The van der Waals surface area contributed by atoms with Crippen LogP contribution in [-0.2, 0) is 9.59 Å². The van der Waals surface area contributed by atoms with Crippen molar-refractivity contribution in [1.82, 2.24) is 5.32 Å². The molecule has 5 heteroatoms. The van der Waals surface area contributed by atoms with Gasteiger partial charge in [-0.05, 0) is 37.1 Å². The molecule has 4 nitrogen and oxygen atoms in total. The second-order valence-electron chi connectivity index (χ2n) is 6.58. The minimum Gasteiger partial charge on any atom is -0.353 e. The van der Waals surface area contributed by atoms with Gasteiger partial charge in [0.2, 0.25) is 11.8 Å². The zero-order chi connectivity index (χ0) is 16.2. The van der Waals surface area contributed by atoms with Crippen molar-refractivity contribution >= 4 is 33.4 Å². The molecular formula is C18H23BrN2O2. The highest BCUT2D eigenvalue weighted by Gasteiger charge is 2.35. The number of carbonyl (C=O) groups excluding carboxylic acids is 2. The highest BCUT2D eigenvalue weighted by molar-refractivity contribution is 9.10. The first kappa shape index (κ1) is 16.5. The lowest BCUT2D eigenvalue weighted by Crippen LogP contribution is -2.39. The maximum atomic E-state index is 12.5. The number of nitrogens with one attached hydrogen (secondary N) is 1. The number of halogens is 1. The molecule has 2 fully saturated rings. The van der Waals surface area contributed by atoms with Crippen molar-refractivity contribution in [3.8, 4) is 0 Å². The van der Waals surface area contributed by atoms with Gasteiger partial charge in [0.15, 0.2) is 0 Å². The average molecular weight is 379 g/mol. The molecule has 23 heavy (non-hydrogen) atoms. The van der Waals surface area contributed by atoms with Gasteiger partial charge >= 0.3 is 0 Å². The molecule has 0 aromatic heterocycles.